The maximum Gasteiger partial charge on any atom is 0.408 e. The van der Waals surface area contributed by atoms with Crippen molar-refractivity contribution in [2.45, 2.75) is 71.2 Å². The molecule has 4 amide bonds. The van der Waals surface area contributed by atoms with Crippen molar-refractivity contribution in [1.82, 2.24) is 15.5 Å². The number of hydrogen-bond donors (Lipinski definition) is 4. The van der Waals surface area contributed by atoms with Crippen LogP contribution in [0, 0.1) is 0 Å². The van der Waals surface area contributed by atoms with Crippen LogP contribution in [-0.2, 0) is 19.1 Å². The van der Waals surface area contributed by atoms with E-state index in [2.05, 4.69) is 10.6 Å². The first-order valence-corrected chi connectivity index (χ1v) is 10.4. The summed E-state index contributed by atoms with van der Waals surface area (Å²) in [7, 11) is 1.38. The predicted octanol–water partition coefficient (Wildman–Crippen LogP) is 1.58. The van der Waals surface area contributed by atoms with Gasteiger partial charge in [0.2, 0.25) is 17.7 Å². The van der Waals surface area contributed by atoms with Gasteiger partial charge in [-0.3, -0.25) is 14.4 Å². The van der Waals surface area contributed by atoms with Crippen molar-refractivity contribution in [2.75, 3.05) is 7.05 Å². The molecule has 10 nitrogen and oxygen atoms in total. The Balaban J connectivity index is 3.26. The van der Waals surface area contributed by atoms with Gasteiger partial charge in [0.25, 0.3) is 0 Å². The largest absolute Gasteiger partial charge is 0.508 e. The average Bonchev–Trinajstić information content (AvgIpc) is 2.64. The highest BCUT2D eigenvalue weighted by molar-refractivity contribution is 5.92. The van der Waals surface area contributed by atoms with E-state index in [4.69, 9.17) is 10.5 Å². The van der Waals surface area contributed by atoms with Crippen molar-refractivity contribution in [3.05, 3.63) is 29.8 Å². The molecule has 1 aromatic carbocycles. The number of nitrogens with two attached hydrogens (primary N) is 1. The number of benzene rings is 1. The molecule has 10 heteroatoms. The molecule has 0 radical (unpaired) electrons. The van der Waals surface area contributed by atoms with Crippen LogP contribution in [0.15, 0.2) is 24.3 Å². The number of phenolic OH excluding ortho intramolecular Hbond substituents is 1. The first-order chi connectivity index (χ1) is 14.7. The van der Waals surface area contributed by atoms with E-state index in [9.17, 15) is 24.3 Å². The standard InChI is InChI=1S/C22H34N4O6/c1-13(2)24-19(29)18(14-9-7-8-10-16(14)27)26(6)20(30)15(11-12-17(23)28)25-21(31)32-22(3,4)5/h7-10,13,15,18,27H,11-12H2,1-6H3,(H2,23,28)(H,24,29)(H,25,31). The number of carbonyl (C=O) groups is 4. The van der Waals surface area contributed by atoms with Gasteiger partial charge in [-0.15, -0.1) is 0 Å². The van der Waals surface area contributed by atoms with Crippen molar-refractivity contribution >= 4 is 23.8 Å². The third-order valence-corrected chi connectivity index (χ3v) is 4.31. The topological polar surface area (TPSA) is 151 Å². The van der Waals surface area contributed by atoms with E-state index in [1.54, 1.807) is 46.8 Å². The van der Waals surface area contributed by atoms with Crippen molar-refractivity contribution < 1.29 is 29.0 Å². The number of aromatic hydroxyl groups is 1. The molecule has 2 unspecified atom stereocenters. The first-order valence-electron chi connectivity index (χ1n) is 10.4. The van der Waals surface area contributed by atoms with Gasteiger partial charge in [0.05, 0.1) is 0 Å². The van der Waals surface area contributed by atoms with Crippen LogP contribution in [0.1, 0.15) is 59.1 Å². The molecule has 2 atom stereocenters. The second-order valence-corrected chi connectivity index (χ2v) is 8.78. The van der Waals surface area contributed by atoms with Crippen LogP contribution in [0.4, 0.5) is 4.79 Å². The molecule has 0 aromatic heterocycles. The third kappa shape index (κ3) is 8.44. The summed E-state index contributed by atoms with van der Waals surface area (Å²) in [4.78, 5) is 51.0. The van der Waals surface area contributed by atoms with E-state index in [-0.39, 0.29) is 30.2 Å². The molecule has 0 aliphatic rings. The smallest absolute Gasteiger partial charge is 0.408 e. The summed E-state index contributed by atoms with van der Waals surface area (Å²) in [6.45, 7) is 8.54. The molecule has 0 bridgehead atoms. The Labute approximate surface area is 188 Å². The van der Waals surface area contributed by atoms with Gasteiger partial charge in [-0.05, 0) is 47.1 Å². The van der Waals surface area contributed by atoms with E-state index in [1.807, 2.05) is 0 Å². The molecular formula is C22H34N4O6. The van der Waals surface area contributed by atoms with Crippen molar-refractivity contribution in [3.63, 3.8) is 0 Å². The fourth-order valence-electron chi connectivity index (χ4n) is 2.97. The molecule has 0 saturated heterocycles. The van der Waals surface area contributed by atoms with Crippen molar-refractivity contribution in [3.8, 4) is 5.75 Å². The molecule has 32 heavy (non-hydrogen) atoms. The molecule has 1 rings (SSSR count). The van der Waals surface area contributed by atoms with E-state index in [0.29, 0.717) is 0 Å². The Morgan fingerprint density at radius 2 is 1.72 bits per heavy atom. The van der Waals surface area contributed by atoms with Crippen molar-refractivity contribution in [1.29, 1.82) is 0 Å². The molecule has 5 N–H and O–H groups in total. The quantitative estimate of drug-likeness (QED) is 0.448. The average molecular weight is 451 g/mol. The van der Waals surface area contributed by atoms with Crippen LogP contribution < -0.4 is 16.4 Å². The SMILES string of the molecule is CC(C)NC(=O)C(c1ccccc1O)N(C)C(=O)C(CCC(N)=O)NC(=O)OC(C)(C)C. The van der Waals surface area contributed by atoms with Gasteiger partial charge in [0, 0.05) is 25.1 Å². The number of carbonyl (C=O) groups excluding carboxylic acids is 4. The molecular weight excluding hydrogens is 416 g/mol. The van der Waals surface area contributed by atoms with Crippen LogP contribution in [0.3, 0.4) is 0 Å². The Bertz CT molecular complexity index is 834. The summed E-state index contributed by atoms with van der Waals surface area (Å²) in [5.74, 6) is -1.97. The lowest BCUT2D eigenvalue weighted by atomic mass is 10.0. The van der Waals surface area contributed by atoms with Gasteiger partial charge in [0.1, 0.15) is 23.4 Å². The number of nitrogens with one attached hydrogen (secondary N) is 2. The first kappa shape index (κ1) is 26.7. The van der Waals surface area contributed by atoms with Crippen LogP contribution in [0.2, 0.25) is 0 Å². The highest BCUT2D eigenvalue weighted by Gasteiger charge is 2.35. The fraction of sp³-hybridized carbons (Fsp3) is 0.545. The normalized spacial score (nSPS) is 13.1. The van der Waals surface area contributed by atoms with Crippen LogP contribution in [0.25, 0.3) is 0 Å². The lowest BCUT2D eigenvalue weighted by molar-refractivity contribution is -0.141. The number of likely N-dealkylation sites (N-methyl/N-ethyl adjacent to an activating group) is 1. The van der Waals surface area contributed by atoms with Gasteiger partial charge in [-0.25, -0.2) is 4.79 Å². The number of nitrogens with zero attached hydrogens (tertiary/aromatic N) is 1. The molecule has 0 spiro atoms. The van der Waals surface area contributed by atoms with Crippen LogP contribution in [0.5, 0.6) is 5.75 Å². The highest BCUT2D eigenvalue weighted by Crippen LogP contribution is 2.29. The molecule has 0 aliphatic carbocycles. The van der Waals surface area contributed by atoms with Gasteiger partial charge in [0.15, 0.2) is 0 Å². The zero-order chi connectivity index (χ0) is 24.6. The predicted molar refractivity (Wildman–Crippen MR) is 118 cm³/mol. The van der Waals surface area contributed by atoms with Crippen LogP contribution in [-0.4, -0.2) is 58.6 Å². The molecule has 1 aromatic rings. The number of primary amides is 1. The van der Waals surface area contributed by atoms with Crippen molar-refractivity contribution in [2.24, 2.45) is 5.73 Å². The lowest BCUT2D eigenvalue weighted by Gasteiger charge is -2.32. The summed E-state index contributed by atoms with van der Waals surface area (Å²) in [6.07, 6.45) is -1.10. The molecule has 0 saturated carbocycles. The Kier molecular flexibility index (Phi) is 9.49. The fourth-order valence-corrected chi connectivity index (χ4v) is 2.97. The minimum atomic E-state index is -1.18. The van der Waals surface area contributed by atoms with Gasteiger partial charge in [-0.2, -0.15) is 0 Å². The number of amides is 4. The molecule has 0 aliphatic heterocycles. The summed E-state index contributed by atoms with van der Waals surface area (Å²) < 4.78 is 5.21. The molecule has 178 valence electrons. The number of para-hydroxylation sites is 1. The number of rotatable bonds is 9. The summed E-state index contributed by atoms with van der Waals surface area (Å²) in [5, 5.41) is 15.5. The van der Waals surface area contributed by atoms with E-state index >= 15 is 0 Å². The Hall–Kier alpha value is -3.30. The number of ether oxygens (including phenoxy) is 1. The minimum Gasteiger partial charge on any atom is -0.508 e. The highest BCUT2D eigenvalue weighted by atomic mass is 16.6. The van der Waals surface area contributed by atoms with Gasteiger partial charge < -0.3 is 31.1 Å². The summed E-state index contributed by atoms with van der Waals surface area (Å²) in [5.41, 5.74) is 4.63. The number of hydrogen-bond acceptors (Lipinski definition) is 6. The zero-order valence-corrected chi connectivity index (χ0v) is 19.5. The molecule has 0 fully saturated rings. The third-order valence-electron chi connectivity index (χ3n) is 4.31. The monoisotopic (exact) mass is 450 g/mol. The Morgan fingerprint density at radius 1 is 1.12 bits per heavy atom. The number of phenols is 1. The van der Waals surface area contributed by atoms with Crippen LogP contribution >= 0.6 is 0 Å². The van der Waals surface area contributed by atoms with E-state index in [0.717, 1.165) is 4.90 Å². The van der Waals surface area contributed by atoms with Gasteiger partial charge in [-0.1, -0.05) is 18.2 Å². The maximum atomic E-state index is 13.3. The summed E-state index contributed by atoms with van der Waals surface area (Å²) in [6, 6.07) is 3.59. The van der Waals surface area contributed by atoms with Gasteiger partial charge >= 0.3 is 6.09 Å². The van der Waals surface area contributed by atoms with E-state index < -0.39 is 41.5 Å². The maximum absolute atomic E-state index is 13.3. The lowest BCUT2D eigenvalue weighted by Crippen LogP contribution is -2.52. The molecule has 0 heterocycles. The second kappa shape index (κ2) is 11.4. The summed E-state index contributed by atoms with van der Waals surface area (Å²) >= 11 is 0. The minimum absolute atomic E-state index is 0.0863. The Morgan fingerprint density at radius 3 is 2.22 bits per heavy atom. The van der Waals surface area contributed by atoms with E-state index in [1.165, 1.54) is 19.2 Å². The number of alkyl carbamates (subject to hydrolysis) is 1. The second-order valence-electron chi connectivity index (χ2n) is 8.78. The zero-order valence-electron chi connectivity index (χ0n) is 19.5.